The number of benzene rings is 1. The van der Waals surface area contributed by atoms with Crippen LogP contribution in [0.3, 0.4) is 0 Å². The molecule has 2 aromatic rings. The van der Waals surface area contributed by atoms with Crippen molar-refractivity contribution in [3.05, 3.63) is 34.7 Å². The van der Waals surface area contributed by atoms with Crippen LogP contribution in [-0.2, 0) is 10.9 Å². The lowest BCUT2D eigenvalue weighted by Gasteiger charge is -2.13. The van der Waals surface area contributed by atoms with Gasteiger partial charge >= 0.3 is 5.51 Å². The average molecular weight is 401 g/mol. The molecule has 0 saturated carbocycles. The number of rotatable bonds is 0. The molecule has 0 fully saturated rings. The predicted octanol–water partition coefficient (Wildman–Crippen LogP) is 2.10. The van der Waals surface area contributed by atoms with Crippen LogP contribution in [0.2, 0.25) is 0 Å². The summed E-state index contributed by atoms with van der Waals surface area (Å²) < 4.78 is 66.0. The highest BCUT2D eigenvalue weighted by molar-refractivity contribution is 7.38. The van der Waals surface area contributed by atoms with Crippen LogP contribution in [0.4, 0.5) is 13.2 Å². The number of alkyl halides is 3. The molecule has 22 heavy (non-hydrogen) atoms. The van der Waals surface area contributed by atoms with Crippen molar-refractivity contribution in [2.75, 3.05) is 0 Å². The Hall–Kier alpha value is -0.670. The maximum atomic E-state index is 13.3. The van der Waals surface area contributed by atoms with E-state index in [1.54, 1.807) is 18.2 Å². The maximum absolute atomic E-state index is 13.3. The first-order valence-electron chi connectivity index (χ1n) is 6.21. The Labute approximate surface area is 134 Å². The second-order valence-electron chi connectivity index (χ2n) is 5.69. The van der Waals surface area contributed by atoms with Gasteiger partial charge in [-0.15, -0.1) is 13.2 Å². The standard InChI is InChI=1S/C14H16F3S.BrO3/c1-9-6-5-7-11-10(9)8-12(13(2,3)4)18(11)14(15,16)17;2-1(3)4/h5-8H,1-4H3;/q+1;-1. The van der Waals surface area contributed by atoms with Gasteiger partial charge in [0.15, 0.2) is 9.58 Å². The van der Waals surface area contributed by atoms with E-state index in [0.29, 0.717) is 9.58 Å². The molecular formula is C14H16BrF3O3S. The first-order valence-corrected chi connectivity index (χ1v) is 9.38. The number of aryl methyl sites for hydroxylation is 1. The normalized spacial score (nSPS) is 13.3. The SMILES string of the molecule is Cc1cccc2c1cc(C(C)(C)C)[s+]2C(F)(F)F.[O-][Br+2]([O-])[O-]. The molecule has 3 nitrogen and oxygen atoms in total. The lowest BCUT2D eigenvalue weighted by atomic mass is 9.94. The van der Waals surface area contributed by atoms with E-state index in [1.807, 2.05) is 33.8 Å². The van der Waals surface area contributed by atoms with Crippen molar-refractivity contribution >= 4 is 20.6 Å². The third-order valence-electron chi connectivity index (χ3n) is 2.97. The fourth-order valence-corrected chi connectivity index (χ4v) is 4.34. The molecule has 0 bridgehead atoms. The quantitative estimate of drug-likeness (QED) is 0.635. The molecule has 0 aliphatic heterocycles. The Bertz CT molecular complexity index is 642. The van der Waals surface area contributed by atoms with Crippen LogP contribution in [-0.4, -0.2) is 0 Å². The summed E-state index contributed by atoms with van der Waals surface area (Å²) in [5.41, 5.74) is -3.75. The van der Waals surface area contributed by atoms with E-state index in [1.165, 1.54) is 0 Å². The van der Waals surface area contributed by atoms with Gasteiger partial charge in [-0.25, -0.2) is 0 Å². The molecule has 0 amide bonds. The average Bonchev–Trinajstić information content (AvgIpc) is 2.68. The Kier molecular flexibility index (Phi) is 6.02. The zero-order chi connectivity index (χ0) is 17.3. The maximum Gasteiger partial charge on any atom is 0.600 e. The molecule has 1 aromatic carbocycles. The van der Waals surface area contributed by atoms with Gasteiger partial charge in [0.1, 0.15) is 0 Å². The second kappa shape index (κ2) is 6.84. The van der Waals surface area contributed by atoms with Gasteiger partial charge < -0.3 is 12.6 Å². The fourth-order valence-electron chi connectivity index (χ4n) is 2.10. The molecule has 8 heteroatoms. The van der Waals surface area contributed by atoms with Gasteiger partial charge in [0.25, 0.3) is 0 Å². The number of halogens is 4. The summed E-state index contributed by atoms with van der Waals surface area (Å²) in [4.78, 5) is 0.485. The molecule has 0 radical (unpaired) electrons. The van der Waals surface area contributed by atoms with Gasteiger partial charge in [-0.2, -0.15) is 0 Å². The smallest absolute Gasteiger partial charge is 0.405 e. The van der Waals surface area contributed by atoms with Crippen molar-refractivity contribution in [1.82, 2.24) is 0 Å². The zero-order valence-corrected chi connectivity index (χ0v) is 14.9. The van der Waals surface area contributed by atoms with Crippen LogP contribution in [0, 0.1) is 21.7 Å². The van der Waals surface area contributed by atoms with Crippen molar-refractivity contribution in [1.29, 1.82) is 0 Å². The van der Waals surface area contributed by atoms with Crippen molar-refractivity contribution in [2.45, 2.75) is 38.6 Å². The van der Waals surface area contributed by atoms with Crippen molar-refractivity contribution in [3.8, 4) is 0 Å². The van der Waals surface area contributed by atoms with Crippen LogP contribution < -0.4 is 12.6 Å². The highest BCUT2D eigenvalue weighted by Gasteiger charge is 2.50. The molecule has 0 spiro atoms. The van der Waals surface area contributed by atoms with E-state index in [2.05, 4.69) is 0 Å². The molecule has 0 saturated heterocycles. The van der Waals surface area contributed by atoms with E-state index in [0.717, 1.165) is 10.9 Å². The molecule has 1 unspecified atom stereocenters. The Morgan fingerprint density at radius 1 is 1.05 bits per heavy atom. The topological polar surface area (TPSA) is 69.2 Å². The second-order valence-corrected chi connectivity index (χ2v) is 8.43. The molecule has 1 atom stereocenters. The summed E-state index contributed by atoms with van der Waals surface area (Å²) in [6.07, 6.45) is 0. The monoisotopic (exact) mass is 400 g/mol. The van der Waals surface area contributed by atoms with E-state index >= 15 is 0 Å². The molecule has 124 valence electrons. The number of fused-ring (bicyclic) bond motifs is 1. The fraction of sp³-hybridized carbons (Fsp3) is 0.429. The zero-order valence-electron chi connectivity index (χ0n) is 12.5. The third kappa shape index (κ3) is 4.66. The largest absolute Gasteiger partial charge is 0.600 e. The van der Waals surface area contributed by atoms with Crippen LogP contribution in [0.1, 0.15) is 31.2 Å². The van der Waals surface area contributed by atoms with E-state index in [4.69, 9.17) is 12.6 Å². The lowest BCUT2D eigenvalue weighted by Crippen LogP contribution is -2.42. The Morgan fingerprint density at radius 3 is 1.95 bits per heavy atom. The van der Waals surface area contributed by atoms with E-state index in [9.17, 15) is 13.2 Å². The molecule has 0 aliphatic rings. The van der Waals surface area contributed by atoms with Crippen molar-refractivity contribution in [3.63, 3.8) is 0 Å². The number of hydrogen-bond acceptors (Lipinski definition) is 3. The third-order valence-corrected chi connectivity index (χ3v) is 5.40. The highest BCUT2D eigenvalue weighted by atomic mass is 80.0. The first kappa shape index (κ1) is 19.4. The van der Waals surface area contributed by atoms with Gasteiger partial charge in [0.2, 0.25) is 14.8 Å². The number of hydrogen-bond donors (Lipinski definition) is 0. The minimum absolute atomic E-state index is 0.424. The summed E-state index contributed by atoms with van der Waals surface area (Å²) in [5.74, 6) is 0. The lowest BCUT2D eigenvalue weighted by molar-refractivity contribution is -1.73. The Balaban J connectivity index is 0.000000541. The first-order chi connectivity index (χ1) is 9.85. The summed E-state index contributed by atoms with van der Waals surface area (Å²) in [6.45, 7) is 7.38. The van der Waals surface area contributed by atoms with Gasteiger partial charge in [0, 0.05) is 16.9 Å². The Morgan fingerprint density at radius 2 is 1.55 bits per heavy atom. The van der Waals surface area contributed by atoms with Crippen molar-refractivity contribution in [2.24, 2.45) is 0 Å². The van der Waals surface area contributed by atoms with E-state index in [-0.39, 0.29) is 0 Å². The predicted molar refractivity (Wildman–Crippen MR) is 71.2 cm³/mol. The van der Waals surface area contributed by atoms with Gasteiger partial charge in [-0.05, 0) is 18.6 Å². The molecule has 2 rings (SSSR count). The molecule has 1 heterocycles. The van der Waals surface area contributed by atoms with E-state index < -0.39 is 36.2 Å². The molecule has 1 aromatic heterocycles. The molecule has 0 aliphatic carbocycles. The summed E-state index contributed by atoms with van der Waals surface area (Å²) >= 11 is -3.65. The summed E-state index contributed by atoms with van der Waals surface area (Å²) in [7, 11) is -1.78. The van der Waals surface area contributed by atoms with Crippen LogP contribution in [0.5, 0.6) is 0 Å². The minimum Gasteiger partial charge on any atom is -0.405 e. The van der Waals surface area contributed by atoms with Gasteiger partial charge in [-0.3, -0.25) is 0 Å². The van der Waals surface area contributed by atoms with Crippen LogP contribution >= 0.6 is 10.5 Å². The number of thiophene rings is 1. The van der Waals surface area contributed by atoms with Gasteiger partial charge in [0.05, 0.1) is 10.5 Å². The molecular weight excluding hydrogens is 385 g/mol. The van der Waals surface area contributed by atoms with Crippen LogP contribution in [0.15, 0.2) is 24.3 Å². The summed E-state index contributed by atoms with van der Waals surface area (Å²) in [6, 6.07) is 6.91. The minimum atomic E-state index is -4.20. The summed E-state index contributed by atoms with van der Waals surface area (Å²) in [5, 5.41) is 0.753. The highest BCUT2D eigenvalue weighted by Crippen LogP contribution is 2.54. The van der Waals surface area contributed by atoms with Crippen molar-refractivity contribution < 1.29 is 40.6 Å². The molecule has 0 N–H and O–H groups in total. The van der Waals surface area contributed by atoms with Gasteiger partial charge in [-0.1, -0.05) is 32.9 Å². The van der Waals surface area contributed by atoms with Crippen LogP contribution in [0.25, 0.3) is 10.1 Å².